The number of nitrogens with zero attached hydrogens (tertiary/aromatic N) is 2. The molecule has 1 unspecified atom stereocenters. The van der Waals surface area contributed by atoms with Crippen molar-refractivity contribution in [2.45, 2.75) is 26.4 Å². The number of anilines is 1. The van der Waals surface area contributed by atoms with E-state index in [-0.39, 0.29) is 0 Å². The molecule has 0 radical (unpaired) electrons. The van der Waals surface area contributed by atoms with E-state index in [1.165, 1.54) is 5.69 Å². The fraction of sp³-hybridized carbons (Fsp3) is 0.389. The normalized spacial score (nSPS) is 12.7. The molecule has 2 rings (SSSR count). The summed E-state index contributed by atoms with van der Waals surface area (Å²) >= 11 is 0. The van der Waals surface area contributed by atoms with Gasteiger partial charge in [0.2, 0.25) is 0 Å². The van der Waals surface area contributed by atoms with E-state index in [0.717, 1.165) is 24.8 Å². The van der Waals surface area contributed by atoms with Crippen molar-refractivity contribution in [3.8, 4) is 0 Å². The van der Waals surface area contributed by atoms with Gasteiger partial charge in [0.1, 0.15) is 12.3 Å². The van der Waals surface area contributed by atoms with Crippen LogP contribution < -0.4 is 15.5 Å². The highest BCUT2D eigenvalue weighted by Crippen LogP contribution is 2.13. The Morgan fingerprint density at radius 3 is 2.61 bits per heavy atom. The van der Waals surface area contributed by atoms with Crippen molar-refractivity contribution in [3.63, 3.8) is 0 Å². The van der Waals surface area contributed by atoms with Gasteiger partial charge in [0.05, 0.1) is 6.26 Å². The van der Waals surface area contributed by atoms with Crippen molar-refractivity contribution in [1.82, 2.24) is 10.6 Å². The van der Waals surface area contributed by atoms with Crippen molar-refractivity contribution < 1.29 is 4.42 Å². The number of likely N-dealkylation sites (N-methyl/N-ethyl adjacent to an activating group) is 1. The molecule has 2 aromatic rings. The molecule has 0 aliphatic rings. The van der Waals surface area contributed by atoms with Crippen LogP contribution in [0.1, 0.15) is 19.6 Å². The van der Waals surface area contributed by atoms with Gasteiger partial charge in [-0.3, -0.25) is 0 Å². The van der Waals surface area contributed by atoms with Gasteiger partial charge in [-0.05, 0) is 38.1 Å². The Kier molecular flexibility index (Phi) is 6.54. The van der Waals surface area contributed by atoms with Crippen LogP contribution in [0.2, 0.25) is 0 Å². The Hall–Kier alpha value is -2.43. The molecule has 2 N–H and O–H groups in total. The Bertz CT molecular complexity index is 580. The summed E-state index contributed by atoms with van der Waals surface area (Å²) in [6.45, 7) is 6.41. The van der Waals surface area contributed by atoms with E-state index in [1.807, 2.05) is 18.2 Å². The molecular formula is C18H26N4O. The number of para-hydroxylation sites is 1. The predicted molar refractivity (Wildman–Crippen MR) is 95.8 cm³/mol. The van der Waals surface area contributed by atoms with Crippen LogP contribution in [0, 0.1) is 0 Å². The number of rotatable bonds is 7. The Morgan fingerprint density at radius 1 is 1.17 bits per heavy atom. The second kappa shape index (κ2) is 8.88. The van der Waals surface area contributed by atoms with Gasteiger partial charge in [-0.2, -0.15) is 0 Å². The highest BCUT2D eigenvalue weighted by atomic mass is 16.3. The van der Waals surface area contributed by atoms with Crippen molar-refractivity contribution in [2.24, 2.45) is 4.99 Å². The minimum Gasteiger partial charge on any atom is -0.467 e. The molecule has 0 saturated heterocycles. The van der Waals surface area contributed by atoms with Gasteiger partial charge in [-0.1, -0.05) is 18.2 Å². The monoisotopic (exact) mass is 314 g/mol. The summed E-state index contributed by atoms with van der Waals surface area (Å²) in [5.74, 6) is 1.66. The SMILES string of the molecule is CCNC(=NCc1ccco1)NCC(C)N(C)c1ccccc1. The highest BCUT2D eigenvalue weighted by molar-refractivity contribution is 5.79. The van der Waals surface area contributed by atoms with E-state index in [2.05, 4.69) is 65.7 Å². The maximum Gasteiger partial charge on any atom is 0.191 e. The summed E-state index contributed by atoms with van der Waals surface area (Å²) < 4.78 is 5.31. The molecule has 124 valence electrons. The molecule has 0 fully saturated rings. The van der Waals surface area contributed by atoms with E-state index in [0.29, 0.717) is 12.6 Å². The van der Waals surface area contributed by atoms with E-state index in [1.54, 1.807) is 6.26 Å². The third-order valence-corrected chi connectivity index (χ3v) is 3.71. The van der Waals surface area contributed by atoms with Gasteiger partial charge in [0, 0.05) is 31.9 Å². The molecule has 0 aliphatic carbocycles. The first-order valence-electron chi connectivity index (χ1n) is 8.03. The van der Waals surface area contributed by atoms with Gasteiger partial charge < -0.3 is 20.0 Å². The quantitative estimate of drug-likeness (QED) is 0.609. The van der Waals surface area contributed by atoms with Crippen LogP contribution in [-0.2, 0) is 6.54 Å². The lowest BCUT2D eigenvalue weighted by Crippen LogP contribution is -2.45. The summed E-state index contributed by atoms with van der Waals surface area (Å²) in [6, 6.07) is 14.5. The number of hydrogen-bond donors (Lipinski definition) is 2. The molecule has 5 nitrogen and oxygen atoms in total. The molecule has 1 aromatic carbocycles. The molecule has 23 heavy (non-hydrogen) atoms. The predicted octanol–water partition coefficient (Wildman–Crippen LogP) is 2.86. The number of guanidine groups is 1. The molecule has 5 heteroatoms. The smallest absolute Gasteiger partial charge is 0.191 e. The maximum absolute atomic E-state index is 5.31. The van der Waals surface area contributed by atoms with Crippen molar-refractivity contribution in [3.05, 3.63) is 54.5 Å². The minimum atomic E-state index is 0.338. The second-order valence-corrected chi connectivity index (χ2v) is 5.45. The summed E-state index contributed by atoms with van der Waals surface area (Å²) in [5, 5.41) is 6.65. The average Bonchev–Trinajstić information content (AvgIpc) is 3.10. The number of hydrogen-bond acceptors (Lipinski definition) is 3. The maximum atomic E-state index is 5.31. The molecule has 0 aliphatic heterocycles. The molecule has 0 amide bonds. The average molecular weight is 314 g/mol. The Morgan fingerprint density at radius 2 is 1.96 bits per heavy atom. The van der Waals surface area contributed by atoms with Gasteiger partial charge in [0.25, 0.3) is 0 Å². The van der Waals surface area contributed by atoms with Gasteiger partial charge in [-0.15, -0.1) is 0 Å². The van der Waals surface area contributed by atoms with E-state index < -0.39 is 0 Å². The molecule has 0 saturated carbocycles. The summed E-state index contributed by atoms with van der Waals surface area (Å²) in [7, 11) is 2.11. The molecule has 1 atom stereocenters. The largest absolute Gasteiger partial charge is 0.467 e. The molecule has 0 bridgehead atoms. The van der Waals surface area contributed by atoms with Crippen LogP contribution in [0.4, 0.5) is 5.69 Å². The van der Waals surface area contributed by atoms with E-state index in [4.69, 9.17) is 4.42 Å². The van der Waals surface area contributed by atoms with Gasteiger partial charge >= 0.3 is 0 Å². The fourth-order valence-corrected chi connectivity index (χ4v) is 2.20. The third kappa shape index (κ3) is 5.36. The summed E-state index contributed by atoms with van der Waals surface area (Å²) in [4.78, 5) is 6.80. The number of furan rings is 1. The zero-order valence-electron chi connectivity index (χ0n) is 14.1. The molecule has 1 heterocycles. The molecule has 1 aromatic heterocycles. The lowest BCUT2D eigenvalue weighted by atomic mass is 10.2. The Balaban J connectivity index is 1.88. The molecule has 0 spiro atoms. The molecular weight excluding hydrogens is 288 g/mol. The Labute approximate surface area is 138 Å². The van der Waals surface area contributed by atoms with E-state index >= 15 is 0 Å². The third-order valence-electron chi connectivity index (χ3n) is 3.71. The standard InChI is InChI=1S/C18H26N4O/c1-4-19-18(21-14-17-11-8-12-23-17)20-13-15(2)22(3)16-9-6-5-7-10-16/h5-12,15H,4,13-14H2,1-3H3,(H2,19,20,21). The minimum absolute atomic E-state index is 0.338. The number of benzene rings is 1. The van der Waals surface area contributed by atoms with Gasteiger partial charge in [-0.25, -0.2) is 4.99 Å². The van der Waals surface area contributed by atoms with Crippen molar-refractivity contribution in [2.75, 3.05) is 25.0 Å². The first-order valence-corrected chi connectivity index (χ1v) is 8.03. The van der Waals surface area contributed by atoms with E-state index in [9.17, 15) is 0 Å². The lowest BCUT2D eigenvalue weighted by Gasteiger charge is -2.27. The lowest BCUT2D eigenvalue weighted by molar-refractivity contribution is 0.511. The summed E-state index contributed by atoms with van der Waals surface area (Å²) in [6.07, 6.45) is 1.67. The topological polar surface area (TPSA) is 52.8 Å². The first-order chi connectivity index (χ1) is 11.2. The van der Waals surface area contributed by atoms with Crippen molar-refractivity contribution >= 4 is 11.6 Å². The second-order valence-electron chi connectivity index (χ2n) is 5.45. The van der Waals surface area contributed by atoms with Crippen LogP contribution in [0.5, 0.6) is 0 Å². The summed E-state index contributed by atoms with van der Waals surface area (Å²) in [5.41, 5.74) is 1.21. The first kappa shape index (κ1) is 16.9. The highest BCUT2D eigenvalue weighted by Gasteiger charge is 2.10. The van der Waals surface area contributed by atoms with Crippen LogP contribution >= 0.6 is 0 Å². The van der Waals surface area contributed by atoms with Crippen LogP contribution in [0.15, 0.2) is 58.1 Å². The fourth-order valence-electron chi connectivity index (χ4n) is 2.20. The zero-order valence-corrected chi connectivity index (χ0v) is 14.1. The van der Waals surface area contributed by atoms with Crippen LogP contribution in [0.25, 0.3) is 0 Å². The zero-order chi connectivity index (χ0) is 16.5. The van der Waals surface area contributed by atoms with Crippen LogP contribution in [-0.4, -0.2) is 32.1 Å². The van der Waals surface area contributed by atoms with Crippen molar-refractivity contribution in [1.29, 1.82) is 0 Å². The number of aliphatic imine (C=N–C) groups is 1. The van der Waals surface area contributed by atoms with Crippen LogP contribution in [0.3, 0.4) is 0 Å². The number of nitrogens with one attached hydrogen (secondary N) is 2. The van der Waals surface area contributed by atoms with Gasteiger partial charge in [0.15, 0.2) is 5.96 Å².